The lowest BCUT2D eigenvalue weighted by Crippen LogP contribution is -2.38. The molecular weight excluding hydrogens is 345 g/mol. The maximum absolute atomic E-state index is 13.0. The Hall–Kier alpha value is -2.56. The van der Waals surface area contributed by atoms with Gasteiger partial charge in [-0.1, -0.05) is 32.0 Å². The SMILES string of the molecule is CCCOc1ccccc1CCCNC(=O)[C@H](CC)Oc1ccc(F)cc1. The molecule has 0 saturated heterocycles. The van der Waals surface area contributed by atoms with Gasteiger partial charge in [-0.15, -0.1) is 0 Å². The van der Waals surface area contributed by atoms with Gasteiger partial charge in [-0.3, -0.25) is 4.79 Å². The summed E-state index contributed by atoms with van der Waals surface area (Å²) < 4.78 is 24.4. The Morgan fingerprint density at radius 1 is 1.11 bits per heavy atom. The summed E-state index contributed by atoms with van der Waals surface area (Å²) in [5.74, 6) is 0.914. The Morgan fingerprint density at radius 3 is 2.56 bits per heavy atom. The number of nitrogens with one attached hydrogen (secondary N) is 1. The smallest absolute Gasteiger partial charge is 0.261 e. The van der Waals surface area contributed by atoms with E-state index in [0.717, 1.165) is 30.6 Å². The lowest BCUT2D eigenvalue weighted by molar-refractivity contribution is -0.128. The molecule has 27 heavy (non-hydrogen) atoms. The van der Waals surface area contributed by atoms with Gasteiger partial charge in [0, 0.05) is 6.54 Å². The zero-order valence-corrected chi connectivity index (χ0v) is 16.0. The lowest BCUT2D eigenvalue weighted by atomic mass is 10.1. The van der Waals surface area contributed by atoms with Gasteiger partial charge in [-0.05, 0) is 61.6 Å². The molecule has 0 radical (unpaired) electrons. The number of aryl methyl sites for hydroxylation is 1. The van der Waals surface area contributed by atoms with E-state index in [1.165, 1.54) is 24.3 Å². The molecule has 0 aliphatic rings. The van der Waals surface area contributed by atoms with E-state index in [2.05, 4.69) is 18.3 Å². The van der Waals surface area contributed by atoms with E-state index in [1.807, 2.05) is 25.1 Å². The van der Waals surface area contributed by atoms with Gasteiger partial charge < -0.3 is 14.8 Å². The van der Waals surface area contributed by atoms with Crippen LogP contribution in [0.2, 0.25) is 0 Å². The molecule has 1 atom stereocenters. The third kappa shape index (κ3) is 6.93. The fraction of sp³-hybridized carbons (Fsp3) is 0.409. The monoisotopic (exact) mass is 373 g/mol. The van der Waals surface area contributed by atoms with Crippen molar-refractivity contribution in [1.82, 2.24) is 5.32 Å². The van der Waals surface area contributed by atoms with Gasteiger partial charge in [0.15, 0.2) is 6.10 Å². The number of ether oxygens (including phenoxy) is 2. The highest BCUT2D eigenvalue weighted by molar-refractivity contribution is 5.81. The predicted molar refractivity (Wildman–Crippen MR) is 105 cm³/mol. The largest absolute Gasteiger partial charge is 0.493 e. The highest BCUT2D eigenvalue weighted by atomic mass is 19.1. The summed E-state index contributed by atoms with van der Waals surface area (Å²) in [5, 5.41) is 2.92. The molecule has 0 saturated carbocycles. The number of rotatable bonds is 11. The summed E-state index contributed by atoms with van der Waals surface area (Å²) in [6, 6.07) is 13.7. The van der Waals surface area contributed by atoms with E-state index in [4.69, 9.17) is 9.47 Å². The zero-order chi connectivity index (χ0) is 19.5. The molecular formula is C22H28FNO3. The van der Waals surface area contributed by atoms with Crippen molar-refractivity contribution < 1.29 is 18.7 Å². The van der Waals surface area contributed by atoms with Gasteiger partial charge in [0.2, 0.25) is 0 Å². The Balaban J connectivity index is 1.78. The Bertz CT molecular complexity index is 703. The Labute approximate surface area is 160 Å². The number of para-hydroxylation sites is 1. The van der Waals surface area contributed by atoms with Crippen molar-refractivity contribution in [1.29, 1.82) is 0 Å². The van der Waals surface area contributed by atoms with Gasteiger partial charge in [0.1, 0.15) is 17.3 Å². The first-order chi connectivity index (χ1) is 13.1. The topological polar surface area (TPSA) is 47.6 Å². The van der Waals surface area contributed by atoms with Crippen molar-refractivity contribution in [3.63, 3.8) is 0 Å². The van der Waals surface area contributed by atoms with Crippen molar-refractivity contribution in [3.05, 3.63) is 59.9 Å². The molecule has 0 aromatic heterocycles. The normalized spacial score (nSPS) is 11.7. The summed E-state index contributed by atoms with van der Waals surface area (Å²) in [6.45, 7) is 5.22. The first kappa shape index (κ1) is 20.7. The fourth-order valence-electron chi connectivity index (χ4n) is 2.67. The molecule has 0 heterocycles. The second-order valence-corrected chi connectivity index (χ2v) is 6.32. The number of amides is 1. The van der Waals surface area contributed by atoms with Gasteiger partial charge in [0.05, 0.1) is 6.61 Å². The summed E-state index contributed by atoms with van der Waals surface area (Å²) in [6.07, 6.45) is 2.56. The predicted octanol–water partition coefficient (Wildman–Crippen LogP) is 4.52. The molecule has 2 aromatic carbocycles. The number of hydrogen-bond donors (Lipinski definition) is 1. The van der Waals surface area contributed by atoms with Crippen molar-refractivity contribution >= 4 is 5.91 Å². The van der Waals surface area contributed by atoms with Gasteiger partial charge >= 0.3 is 0 Å². The number of carbonyl (C=O) groups excluding carboxylic acids is 1. The molecule has 146 valence electrons. The van der Waals surface area contributed by atoms with Crippen LogP contribution in [0.25, 0.3) is 0 Å². The maximum atomic E-state index is 13.0. The van der Waals surface area contributed by atoms with Crippen molar-refractivity contribution in [3.8, 4) is 11.5 Å². The van der Waals surface area contributed by atoms with Gasteiger partial charge in [0.25, 0.3) is 5.91 Å². The van der Waals surface area contributed by atoms with Crippen LogP contribution in [0.15, 0.2) is 48.5 Å². The summed E-state index contributed by atoms with van der Waals surface area (Å²) >= 11 is 0. The second-order valence-electron chi connectivity index (χ2n) is 6.32. The van der Waals surface area contributed by atoms with Gasteiger partial charge in [-0.2, -0.15) is 0 Å². The minimum Gasteiger partial charge on any atom is -0.493 e. The minimum absolute atomic E-state index is 0.155. The van der Waals surface area contributed by atoms with Crippen LogP contribution in [-0.2, 0) is 11.2 Å². The van der Waals surface area contributed by atoms with Crippen LogP contribution in [-0.4, -0.2) is 25.2 Å². The third-order valence-corrected chi connectivity index (χ3v) is 4.11. The molecule has 0 fully saturated rings. The van der Waals surface area contributed by atoms with Crippen LogP contribution in [0, 0.1) is 5.82 Å². The number of hydrogen-bond acceptors (Lipinski definition) is 3. The quantitative estimate of drug-likeness (QED) is 0.589. The van der Waals surface area contributed by atoms with Crippen LogP contribution >= 0.6 is 0 Å². The van der Waals surface area contributed by atoms with Crippen LogP contribution in [0.5, 0.6) is 11.5 Å². The first-order valence-electron chi connectivity index (χ1n) is 9.54. The zero-order valence-electron chi connectivity index (χ0n) is 16.0. The molecule has 0 bridgehead atoms. The van der Waals surface area contributed by atoms with Crippen molar-refractivity contribution in [2.45, 2.75) is 45.6 Å². The molecule has 2 aromatic rings. The van der Waals surface area contributed by atoms with E-state index >= 15 is 0 Å². The Kier molecular flexibility index (Phi) is 8.62. The number of carbonyl (C=O) groups is 1. The van der Waals surface area contributed by atoms with Crippen LogP contribution < -0.4 is 14.8 Å². The number of benzene rings is 2. The highest BCUT2D eigenvalue weighted by Crippen LogP contribution is 2.19. The molecule has 0 aliphatic heterocycles. The second kappa shape index (κ2) is 11.2. The fourth-order valence-corrected chi connectivity index (χ4v) is 2.67. The van der Waals surface area contributed by atoms with Crippen LogP contribution in [0.3, 0.4) is 0 Å². The Morgan fingerprint density at radius 2 is 1.85 bits per heavy atom. The average molecular weight is 373 g/mol. The van der Waals surface area contributed by atoms with Crippen molar-refractivity contribution in [2.24, 2.45) is 0 Å². The highest BCUT2D eigenvalue weighted by Gasteiger charge is 2.17. The van der Waals surface area contributed by atoms with E-state index in [1.54, 1.807) is 0 Å². The van der Waals surface area contributed by atoms with Gasteiger partial charge in [-0.25, -0.2) is 4.39 Å². The molecule has 0 aliphatic carbocycles. The first-order valence-corrected chi connectivity index (χ1v) is 9.54. The molecule has 1 amide bonds. The summed E-state index contributed by atoms with van der Waals surface area (Å²) in [4.78, 5) is 12.3. The summed E-state index contributed by atoms with van der Waals surface area (Å²) in [7, 11) is 0. The van der Waals surface area contributed by atoms with Crippen molar-refractivity contribution in [2.75, 3.05) is 13.2 Å². The van der Waals surface area contributed by atoms with E-state index in [-0.39, 0.29) is 11.7 Å². The molecule has 0 spiro atoms. The lowest BCUT2D eigenvalue weighted by Gasteiger charge is -2.17. The molecule has 4 nitrogen and oxygen atoms in total. The summed E-state index contributed by atoms with van der Waals surface area (Å²) in [5.41, 5.74) is 1.15. The standard InChI is InChI=1S/C22H28FNO3/c1-3-16-26-21-10-6-5-8-17(21)9-7-15-24-22(25)20(4-2)27-19-13-11-18(23)12-14-19/h5-6,8,10-14,20H,3-4,7,9,15-16H2,1-2H3,(H,24,25)/t20-/m0/s1. The third-order valence-electron chi connectivity index (χ3n) is 4.11. The molecule has 1 N–H and O–H groups in total. The average Bonchev–Trinajstić information content (AvgIpc) is 2.69. The van der Waals surface area contributed by atoms with E-state index in [0.29, 0.717) is 25.3 Å². The minimum atomic E-state index is -0.587. The molecule has 0 unspecified atom stereocenters. The maximum Gasteiger partial charge on any atom is 0.261 e. The van der Waals surface area contributed by atoms with E-state index < -0.39 is 6.10 Å². The number of halogens is 1. The van der Waals surface area contributed by atoms with Crippen LogP contribution in [0.4, 0.5) is 4.39 Å². The van der Waals surface area contributed by atoms with E-state index in [9.17, 15) is 9.18 Å². The van der Waals surface area contributed by atoms with Crippen LogP contribution in [0.1, 0.15) is 38.7 Å². The molecule has 2 rings (SSSR count). The molecule has 5 heteroatoms.